The molecule has 0 aliphatic heterocycles. The lowest BCUT2D eigenvalue weighted by Gasteiger charge is -2.34. The normalized spacial score (nSPS) is 28.5. The lowest BCUT2D eigenvalue weighted by molar-refractivity contribution is 0.276. The van der Waals surface area contributed by atoms with Crippen LogP contribution in [0.25, 0.3) is 0 Å². The molecule has 0 spiro atoms. The lowest BCUT2D eigenvalue weighted by atomic mass is 9.80. The fourth-order valence-corrected chi connectivity index (χ4v) is 5.14. The molecule has 1 fully saturated rings. The highest BCUT2D eigenvalue weighted by Gasteiger charge is 2.30. The zero-order valence-electron chi connectivity index (χ0n) is 11.3. The van der Waals surface area contributed by atoms with E-state index in [0.717, 1.165) is 22.6 Å². The van der Waals surface area contributed by atoms with Crippen LogP contribution in [0.2, 0.25) is 0 Å². The third-order valence-corrected chi connectivity index (χ3v) is 6.09. The van der Waals surface area contributed by atoms with Crippen LogP contribution in [0.5, 0.6) is 0 Å². The van der Waals surface area contributed by atoms with Crippen LogP contribution >= 0.6 is 23.3 Å². The average Bonchev–Trinajstić information content (AvgIpc) is 2.76. The van der Waals surface area contributed by atoms with E-state index in [1.165, 1.54) is 43.6 Å². The van der Waals surface area contributed by atoms with Crippen molar-refractivity contribution in [2.75, 3.05) is 6.54 Å². The Kier molecular flexibility index (Phi) is 5.45. The molecule has 0 saturated heterocycles. The van der Waals surface area contributed by atoms with Gasteiger partial charge in [-0.2, -0.15) is 4.37 Å². The molecule has 1 saturated carbocycles. The van der Waals surface area contributed by atoms with Gasteiger partial charge in [0.25, 0.3) is 0 Å². The number of rotatable bonds is 5. The SMILES string of the molecule is CCCC1CCC(CN)C(Sc2nc(C)ns2)C1. The predicted molar refractivity (Wildman–Crippen MR) is 79.1 cm³/mol. The molecule has 1 heterocycles. The van der Waals surface area contributed by atoms with Crippen LogP contribution in [0, 0.1) is 18.8 Å². The summed E-state index contributed by atoms with van der Waals surface area (Å²) in [6.07, 6.45) is 6.62. The van der Waals surface area contributed by atoms with Gasteiger partial charge in [-0.15, -0.1) is 0 Å². The van der Waals surface area contributed by atoms with Crippen molar-refractivity contribution in [3.05, 3.63) is 5.82 Å². The second-order valence-corrected chi connectivity index (χ2v) is 7.47. The maximum atomic E-state index is 5.93. The van der Waals surface area contributed by atoms with Gasteiger partial charge in [-0.1, -0.05) is 37.9 Å². The van der Waals surface area contributed by atoms with Gasteiger partial charge in [0.15, 0.2) is 4.34 Å². The number of hydrogen-bond donors (Lipinski definition) is 1. The van der Waals surface area contributed by atoms with Crippen LogP contribution in [0.4, 0.5) is 0 Å². The van der Waals surface area contributed by atoms with Gasteiger partial charge >= 0.3 is 0 Å². The summed E-state index contributed by atoms with van der Waals surface area (Å²) in [5.74, 6) is 2.45. The minimum atomic E-state index is 0.646. The Hall–Kier alpha value is -0.130. The molecular formula is C13H23N3S2. The minimum Gasteiger partial charge on any atom is -0.330 e. The van der Waals surface area contributed by atoms with Crippen molar-refractivity contribution in [3.63, 3.8) is 0 Å². The summed E-state index contributed by atoms with van der Waals surface area (Å²) in [6, 6.07) is 0. The number of nitrogens with two attached hydrogens (primary N) is 1. The quantitative estimate of drug-likeness (QED) is 0.900. The lowest BCUT2D eigenvalue weighted by Crippen LogP contribution is -2.32. The van der Waals surface area contributed by atoms with Crippen LogP contribution < -0.4 is 5.73 Å². The maximum Gasteiger partial charge on any atom is 0.170 e. The van der Waals surface area contributed by atoms with Crippen LogP contribution in [0.1, 0.15) is 44.9 Å². The molecule has 3 atom stereocenters. The van der Waals surface area contributed by atoms with Gasteiger partial charge in [-0.25, -0.2) is 4.98 Å². The van der Waals surface area contributed by atoms with Crippen molar-refractivity contribution in [1.29, 1.82) is 0 Å². The molecule has 2 rings (SSSR count). The van der Waals surface area contributed by atoms with Gasteiger partial charge in [0.05, 0.1) is 0 Å². The summed E-state index contributed by atoms with van der Waals surface area (Å²) in [6.45, 7) is 5.06. The summed E-state index contributed by atoms with van der Waals surface area (Å²) < 4.78 is 5.39. The largest absolute Gasteiger partial charge is 0.330 e. The van der Waals surface area contributed by atoms with Crippen LogP contribution in [0.15, 0.2) is 4.34 Å². The molecule has 3 nitrogen and oxygen atoms in total. The second-order valence-electron chi connectivity index (χ2n) is 5.23. The van der Waals surface area contributed by atoms with E-state index in [9.17, 15) is 0 Å². The molecule has 0 amide bonds. The zero-order chi connectivity index (χ0) is 13.0. The Bertz CT molecular complexity index is 367. The molecule has 0 radical (unpaired) electrons. The highest BCUT2D eigenvalue weighted by Crippen LogP contribution is 2.41. The number of aromatic nitrogens is 2. The molecule has 18 heavy (non-hydrogen) atoms. The van der Waals surface area contributed by atoms with Crippen molar-refractivity contribution < 1.29 is 0 Å². The smallest absolute Gasteiger partial charge is 0.170 e. The van der Waals surface area contributed by atoms with Gasteiger partial charge in [-0.3, -0.25) is 0 Å². The van der Waals surface area contributed by atoms with E-state index in [4.69, 9.17) is 5.73 Å². The van der Waals surface area contributed by atoms with Gasteiger partial charge in [0.2, 0.25) is 0 Å². The van der Waals surface area contributed by atoms with Gasteiger partial charge < -0.3 is 5.73 Å². The predicted octanol–water partition coefficient (Wildman–Crippen LogP) is 3.48. The highest BCUT2D eigenvalue weighted by molar-refractivity contribution is 8.01. The standard InChI is InChI=1S/C13H23N3S2/c1-3-4-10-5-6-11(8-14)12(7-10)17-13-15-9(2)16-18-13/h10-12H,3-8,14H2,1-2H3. The first-order valence-electron chi connectivity index (χ1n) is 6.90. The van der Waals surface area contributed by atoms with E-state index >= 15 is 0 Å². The molecule has 102 valence electrons. The highest BCUT2D eigenvalue weighted by atomic mass is 32.2. The minimum absolute atomic E-state index is 0.646. The Morgan fingerprint density at radius 3 is 2.89 bits per heavy atom. The molecule has 2 N–H and O–H groups in total. The number of hydrogen-bond acceptors (Lipinski definition) is 5. The van der Waals surface area contributed by atoms with Crippen LogP contribution in [0.3, 0.4) is 0 Å². The van der Waals surface area contributed by atoms with E-state index in [0.29, 0.717) is 11.2 Å². The van der Waals surface area contributed by atoms with Crippen molar-refractivity contribution >= 4 is 23.3 Å². The van der Waals surface area contributed by atoms with E-state index in [1.807, 2.05) is 18.7 Å². The average molecular weight is 285 g/mol. The molecule has 3 unspecified atom stereocenters. The summed E-state index contributed by atoms with van der Waals surface area (Å²) in [7, 11) is 0. The third-order valence-electron chi connectivity index (χ3n) is 3.80. The van der Waals surface area contributed by atoms with Crippen LogP contribution in [-0.2, 0) is 0 Å². The van der Waals surface area contributed by atoms with E-state index in [2.05, 4.69) is 16.3 Å². The molecule has 1 aliphatic carbocycles. The fraction of sp³-hybridized carbons (Fsp3) is 0.846. The Balaban J connectivity index is 1.97. The Morgan fingerprint density at radius 1 is 1.44 bits per heavy atom. The van der Waals surface area contributed by atoms with Gasteiger partial charge in [-0.05, 0) is 49.7 Å². The van der Waals surface area contributed by atoms with E-state index in [-0.39, 0.29) is 0 Å². The number of aryl methyl sites for hydroxylation is 1. The van der Waals surface area contributed by atoms with Crippen molar-refractivity contribution in [3.8, 4) is 0 Å². The maximum absolute atomic E-state index is 5.93. The van der Waals surface area contributed by atoms with Crippen molar-refractivity contribution in [1.82, 2.24) is 9.36 Å². The molecular weight excluding hydrogens is 262 g/mol. The van der Waals surface area contributed by atoms with E-state index < -0.39 is 0 Å². The monoisotopic (exact) mass is 285 g/mol. The fourth-order valence-electron chi connectivity index (χ4n) is 2.81. The first-order valence-corrected chi connectivity index (χ1v) is 8.55. The summed E-state index contributed by atoms with van der Waals surface area (Å²) >= 11 is 3.44. The number of nitrogens with zero attached hydrogens (tertiary/aromatic N) is 2. The van der Waals surface area contributed by atoms with E-state index in [1.54, 1.807) is 0 Å². The van der Waals surface area contributed by atoms with Crippen molar-refractivity contribution in [2.24, 2.45) is 17.6 Å². The van der Waals surface area contributed by atoms with Gasteiger partial charge in [0.1, 0.15) is 5.82 Å². The topological polar surface area (TPSA) is 51.8 Å². The second kappa shape index (κ2) is 6.87. The Morgan fingerprint density at radius 2 is 2.28 bits per heavy atom. The first kappa shape index (κ1) is 14.3. The van der Waals surface area contributed by atoms with Crippen LogP contribution in [-0.4, -0.2) is 21.2 Å². The Labute approximate surface area is 118 Å². The molecule has 0 aromatic carbocycles. The molecule has 1 aromatic rings. The summed E-state index contributed by atoms with van der Waals surface area (Å²) in [4.78, 5) is 4.47. The zero-order valence-corrected chi connectivity index (χ0v) is 12.9. The molecule has 5 heteroatoms. The van der Waals surface area contributed by atoms with Crippen molar-refractivity contribution in [2.45, 2.75) is 55.5 Å². The third kappa shape index (κ3) is 3.68. The first-order chi connectivity index (χ1) is 8.72. The summed E-state index contributed by atoms with van der Waals surface area (Å²) in [5.41, 5.74) is 5.93. The van der Waals surface area contributed by atoms with Gasteiger partial charge in [0, 0.05) is 5.25 Å². The summed E-state index contributed by atoms with van der Waals surface area (Å²) in [5, 5.41) is 0.646. The molecule has 1 aromatic heterocycles. The molecule has 0 bridgehead atoms. The molecule has 1 aliphatic rings. The number of thioether (sulfide) groups is 1.